The van der Waals surface area contributed by atoms with Gasteiger partial charge in [0, 0.05) is 18.0 Å². The van der Waals surface area contributed by atoms with Gasteiger partial charge >= 0.3 is 0 Å². The Hall–Kier alpha value is -2.20. The second kappa shape index (κ2) is 6.50. The Labute approximate surface area is 123 Å². The molecule has 1 aromatic carbocycles. The highest BCUT2D eigenvalue weighted by atomic mass is 32.2. The van der Waals surface area contributed by atoms with Crippen LogP contribution in [-0.4, -0.2) is 27.4 Å². The first kappa shape index (κ1) is 15.2. The first-order valence-electron chi connectivity index (χ1n) is 6.56. The smallest absolute Gasteiger partial charge is 0.189 e. The molecule has 1 aliphatic heterocycles. The highest BCUT2D eigenvalue weighted by Gasteiger charge is 2.16. The molecule has 6 nitrogen and oxygen atoms in total. The Bertz CT molecular complexity index is 689. The summed E-state index contributed by atoms with van der Waals surface area (Å²) in [6, 6.07) is 6.88. The molecule has 0 saturated carbocycles. The van der Waals surface area contributed by atoms with Gasteiger partial charge in [0.05, 0.1) is 5.75 Å². The molecule has 0 spiro atoms. The van der Waals surface area contributed by atoms with Gasteiger partial charge in [-0.2, -0.15) is 5.26 Å². The Kier molecular flexibility index (Phi) is 4.70. The van der Waals surface area contributed by atoms with Gasteiger partial charge in [0.2, 0.25) is 0 Å². The molecule has 7 heteroatoms. The van der Waals surface area contributed by atoms with Crippen molar-refractivity contribution in [3.63, 3.8) is 0 Å². The predicted octanol–water partition coefficient (Wildman–Crippen LogP) is 2.06. The van der Waals surface area contributed by atoms with Crippen molar-refractivity contribution in [3.8, 4) is 17.6 Å². The molecule has 21 heavy (non-hydrogen) atoms. The van der Waals surface area contributed by atoms with E-state index in [4.69, 9.17) is 14.7 Å². The third-order valence-corrected chi connectivity index (χ3v) is 4.66. The van der Waals surface area contributed by atoms with E-state index < -0.39 is 9.84 Å². The lowest BCUT2D eigenvalue weighted by Crippen LogP contribution is -2.15. The van der Waals surface area contributed by atoms with Gasteiger partial charge in [-0.3, -0.25) is 0 Å². The maximum absolute atomic E-state index is 11.8. The maximum atomic E-state index is 11.8. The molecule has 0 fully saturated rings. The van der Waals surface area contributed by atoms with Crippen LogP contribution in [0.5, 0.6) is 11.5 Å². The van der Waals surface area contributed by atoms with Crippen molar-refractivity contribution in [3.05, 3.63) is 29.3 Å². The van der Waals surface area contributed by atoms with E-state index >= 15 is 0 Å². The summed E-state index contributed by atoms with van der Waals surface area (Å²) in [4.78, 5) is -0.278. The van der Waals surface area contributed by atoms with Gasteiger partial charge in [-0.15, -0.1) is 0 Å². The highest BCUT2D eigenvalue weighted by Crippen LogP contribution is 2.32. The van der Waals surface area contributed by atoms with Crippen molar-refractivity contribution in [2.45, 2.75) is 13.3 Å². The predicted molar refractivity (Wildman–Crippen MR) is 78.8 cm³/mol. The van der Waals surface area contributed by atoms with E-state index in [1.807, 2.05) is 0 Å². The Morgan fingerprint density at radius 2 is 2.10 bits per heavy atom. The summed E-state index contributed by atoms with van der Waals surface area (Å²) >= 11 is 0. The lowest BCUT2D eigenvalue weighted by atomic mass is 10.2. The minimum atomic E-state index is -3.53. The molecule has 0 radical (unpaired) electrons. The molecule has 1 heterocycles. The second-order valence-corrected chi connectivity index (χ2v) is 6.52. The van der Waals surface area contributed by atoms with Gasteiger partial charge in [-0.05, 0) is 18.6 Å². The van der Waals surface area contributed by atoms with Crippen LogP contribution in [0.2, 0.25) is 0 Å². The Morgan fingerprint density at radius 1 is 1.38 bits per heavy atom. The number of anilines is 1. The van der Waals surface area contributed by atoms with Crippen LogP contribution in [-0.2, 0) is 9.84 Å². The van der Waals surface area contributed by atoms with Crippen LogP contribution in [0.4, 0.5) is 5.69 Å². The molecule has 1 N–H and O–H groups in total. The van der Waals surface area contributed by atoms with Gasteiger partial charge in [-0.25, -0.2) is 8.42 Å². The molecular formula is C14H16N2O4S. The fourth-order valence-corrected chi connectivity index (χ4v) is 2.99. The summed E-state index contributed by atoms with van der Waals surface area (Å²) in [5.41, 5.74) is 0.624. The minimum Gasteiger partial charge on any atom is -0.486 e. The third kappa shape index (κ3) is 3.67. The van der Waals surface area contributed by atoms with E-state index in [1.165, 1.54) is 6.20 Å². The molecule has 0 aliphatic carbocycles. The number of ether oxygens (including phenoxy) is 2. The van der Waals surface area contributed by atoms with E-state index in [2.05, 4.69) is 5.32 Å². The van der Waals surface area contributed by atoms with Crippen molar-refractivity contribution in [1.29, 1.82) is 5.26 Å². The van der Waals surface area contributed by atoms with Crippen molar-refractivity contribution in [1.82, 2.24) is 0 Å². The summed E-state index contributed by atoms with van der Waals surface area (Å²) in [5, 5.41) is 11.8. The molecule has 112 valence electrons. The number of fused-ring (bicyclic) bond motifs is 1. The van der Waals surface area contributed by atoms with Gasteiger partial charge < -0.3 is 14.8 Å². The van der Waals surface area contributed by atoms with Crippen LogP contribution >= 0.6 is 0 Å². The normalized spacial score (nSPS) is 14.4. The fourth-order valence-electron chi connectivity index (χ4n) is 1.85. The van der Waals surface area contributed by atoms with Gasteiger partial charge in [-0.1, -0.05) is 6.92 Å². The van der Waals surface area contributed by atoms with E-state index in [1.54, 1.807) is 31.2 Å². The average molecular weight is 308 g/mol. The van der Waals surface area contributed by atoms with Crippen molar-refractivity contribution in [2.75, 3.05) is 24.3 Å². The number of hydrogen-bond donors (Lipinski definition) is 1. The summed E-state index contributed by atoms with van der Waals surface area (Å²) < 4.78 is 34.5. The van der Waals surface area contributed by atoms with Crippen molar-refractivity contribution >= 4 is 15.5 Å². The molecule has 0 aromatic heterocycles. The summed E-state index contributed by atoms with van der Waals surface area (Å²) in [6.07, 6.45) is 1.67. The largest absolute Gasteiger partial charge is 0.486 e. The number of allylic oxidation sites excluding steroid dienone is 1. The number of nitrogens with zero attached hydrogens (tertiary/aromatic N) is 1. The number of sulfone groups is 1. The second-order valence-electron chi connectivity index (χ2n) is 4.44. The summed E-state index contributed by atoms with van der Waals surface area (Å²) in [5.74, 6) is 1.19. The van der Waals surface area contributed by atoms with Crippen molar-refractivity contribution < 1.29 is 17.9 Å². The van der Waals surface area contributed by atoms with E-state index in [9.17, 15) is 8.42 Å². The number of rotatable bonds is 5. The molecule has 0 amide bonds. The Balaban J connectivity index is 2.18. The molecule has 1 aliphatic rings. The van der Waals surface area contributed by atoms with Gasteiger partial charge in [0.1, 0.15) is 19.3 Å². The van der Waals surface area contributed by atoms with E-state index in [-0.39, 0.29) is 10.7 Å². The molecule has 0 saturated heterocycles. The van der Waals surface area contributed by atoms with Crippen LogP contribution in [0.15, 0.2) is 29.3 Å². The number of benzene rings is 1. The maximum Gasteiger partial charge on any atom is 0.189 e. The average Bonchev–Trinajstić information content (AvgIpc) is 2.47. The summed E-state index contributed by atoms with van der Waals surface area (Å²) in [7, 11) is -3.53. The SMILES string of the molecule is CCCS(=O)(=O)C(C#N)=CNc1ccc2c(c1)OCCO2. The number of hydrogen-bond acceptors (Lipinski definition) is 6. The van der Waals surface area contributed by atoms with Crippen LogP contribution in [0.3, 0.4) is 0 Å². The lowest BCUT2D eigenvalue weighted by molar-refractivity contribution is 0.171. The lowest BCUT2D eigenvalue weighted by Gasteiger charge is -2.18. The van der Waals surface area contributed by atoms with Crippen molar-refractivity contribution in [2.24, 2.45) is 0 Å². The van der Waals surface area contributed by atoms with Crippen LogP contribution in [0.1, 0.15) is 13.3 Å². The molecule has 0 atom stereocenters. The molecule has 2 rings (SSSR count). The first-order valence-corrected chi connectivity index (χ1v) is 8.21. The highest BCUT2D eigenvalue weighted by molar-refractivity contribution is 7.95. The zero-order valence-corrected chi connectivity index (χ0v) is 12.4. The number of nitrogens with one attached hydrogen (secondary N) is 1. The van der Waals surface area contributed by atoms with Gasteiger partial charge in [0.15, 0.2) is 26.2 Å². The van der Waals surface area contributed by atoms with Crippen LogP contribution < -0.4 is 14.8 Å². The molecular weight excluding hydrogens is 292 g/mol. The quantitative estimate of drug-likeness (QED) is 0.838. The summed E-state index contributed by atoms with van der Waals surface area (Å²) in [6.45, 7) is 2.73. The Morgan fingerprint density at radius 3 is 2.76 bits per heavy atom. The zero-order chi connectivity index (χ0) is 15.3. The monoisotopic (exact) mass is 308 g/mol. The first-order chi connectivity index (χ1) is 10.1. The van der Waals surface area contributed by atoms with Gasteiger partial charge in [0.25, 0.3) is 0 Å². The topological polar surface area (TPSA) is 88.4 Å². The fraction of sp³-hybridized carbons (Fsp3) is 0.357. The molecule has 0 unspecified atom stereocenters. The number of nitriles is 1. The van der Waals surface area contributed by atoms with E-state index in [0.717, 1.165) is 0 Å². The van der Waals surface area contributed by atoms with Crippen LogP contribution in [0.25, 0.3) is 0 Å². The standard InChI is InChI=1S/C14H16N2O4S/c1-2-7-21(17,18)12(9-15)10-16-11-3-4-13-14(8-11)20-6-5-19-13/h3-4,8,10,16H,2,5-7H2,1H3. The molecule has 1 aromatic rings. The zero-order valence-electron chi connectivity index (χ0n) is 11.6. The van der Waals surface area contributed by atoms with E-state index in [0.29, 0.717) is 36.8 Å². The van der Waals surface area contributed by atoms with Crippen LogP contribution in [0, 0.1) is 11.3 Å². The molecule has 0 bridgehead atoms. The minimum absolute atomic E-state index is 0.0464. The third-order valence-electron chi connectivity index (χ3n) is 2.83.